The molecule has 0 saturated carbocycles. The lowest BCUT2D eigenvalue weighted by atomic mass is 10.1. The molecule has 2 rings (SSSR count). The first-order chi connectivity index (χ1) is 14.4. The molecule has 0 aromatic rings. The molecule has 0 aromatic heterocycles. The van der Waals surface area contributed by atoms with Crippen molar-refractivity contribution < 1.29 is 4.79 Å². The zero-order valence-electron chi connectivity index (χ0n) is 20.6. The summed E-state index contributed by atoms with van der Waals surface area (Å²) < 4.78 is 0. The monoisotopic (exact) mass is 550 g/mol. The molecule has 2 saturated heterocycles. The quantitative estimate of drug-likeness (QED) is 0.207. The number of carbonyl (C=O) groups excluding carboxylic acids is 1. The average molecular weight is 551 g/mol. The van der Waals surface area contributed by atoms with Crippen molar-refractivity contribution in [1.29, 1.82) is 0 Å². The van der Waals surface area contributed by atoms with Gasteiger partial charge in [0.15, 0.2) is 5.96 Å². The Morgan fingerprint density at radius 1 is 0.935 bits per heavy atom. The van der Waals surface area contributed by atoms with Crippen molar-refractivity contribution in [3.63, 3.8) is 0 Å². The topological polar surface area (TPSA) is 54.4 Å². The summed E-state index contributed by atoms with van der Waals surface area (Å²) in [6, 6.07) is 1.14. The summed E-state index contributed by atoms with van der Waals surface area (Å²) >= 11 is 0. The largest absolute Gasteiger partial charge is 0.357 e. The fraction of sp³-hybridized carbons (Fsp3) is 0.913. The van der Waals surface area contributed by atoms with Crippen LogP contribution in [0, 0.1) is 0 Å². The normalized spacial score (nSPS) is 18.6. The number of piperidine rings is 1. The van der Waals surface area contributed by atoms with Crippen LogP contribution in [0.3, 0.4) is 0 Å². The Labute approximate surface area is 208 Å². The minimum atomic E-state index is 0. The fourth-order valence-electron chi connectivity index (χ4n) is 4.53. The van der Waals surface area contributed by atoms with Crippen LogP contribution in [0.25, 0.3) is 0 Å². The smallest absolute Gasteiger partial charge is 0.236 e. The van der Waals surface area contributed by atoms with Crippen molar-refractivity contribution in [3.05, 3.63) is 0 Å². The van der Waals surface area contributed by atoms with E-state index in [1.807, 2.05) is 0 Å². The molecule has 31 heavy (non-hydrogen) atoms. The van der Waals surface area contributed by atoms with Crippen molar-refractivity contribution >= 4 is 35.8 Å². The molecule has 0 spiro atoms. The molecule has 1 amide bonds. The van der Waals surface area contributed by atoms with Crippen molar-refractivity contribution in [3.8, 4) is 0 Å². The third kappa shape index (κ3) is 9.82. The summed E-state index contributed by atoms with van der Waals surface area (Å²) in [5.74, 6) is 1.34. The zero-order valence-corrected chi connectivity index (χ0v) is 22.9. The fourth-order valence-corrected chi connectivity index (χ4v) is 4.53. The number of piperazine rings is 1. The first-order valence-electron chi connectivity index (χ1n) is 12.2. The van der Waals surface area contributed by atoms with E-state index < -0.39 is 0 Å². The van der Waals surface area contributed by atoms with Crippen LogP contribution < -0.4 is 5.32 Å². The summed E-state index contributed by atoms with van der Waals surface area (Å²) in [5.41, 5.74) is 0. The van der Waals surface area contributed by atoms with E-state index in [1.54, 1.807) is 0 Å². The van der Waals surface area contributed by atoms with Crippen LogP contribution in [0.1, 0.15) is 60.3 Å². The molecule has 0 bridgehead atoms. The van der Waals surface area contributed by atoms with Gasteiger partial charge in [0, 0.05) is 71.0 Å². The molecule has 2 aliphatic rings. The molecule has 0 aliphatic carbocycles. The van der Waals surface area contributed by atoms with Crippen LogP contribution in [0.2, 0.25) is 0 Å². The van der Waals surface area contributed by atoms with Crippen LogP contribution in [0.15, 0.2) is 4.99 Å². The number of guanidine groups is 1. The third-order valence-electron chi connectivity index (χ3n) is 6.24. The Morgan fingerprint density at radius 3 is 2.10 bits per heavy atom. The summed E-state index contributed by atoms with van der Waals surface area (Å²) in [6.45, 7) is 20.2. The Hall–Kier alpha value is -0.610. The Kier molecular flexibility index (Phi) is 14.0. The van der Waals surface area contributed by atoms with Gasteiger partial charge in [-0.1, -0.05) is 0 Å². The second-order valence-corrected chi connectivity index (χ2v) is 9.22. The zero-order chi connectivity index (χ0) is 21.9. The number of aliphatic imine (C=N–C) groups is 1. The maximum Gasteiger partial charge on any atom is 0.236 e. The molecule has 2 fully saturated rings. The number of carbonyl (C=O) groups is 1. The van der Waals surface area contributed by atoms with E-state index in [9.17, 15) is 4.79 Å². The minimum Gasteiger partial charge on any atom is -0.357 e. The van der Waals surface area contributed by atoms with Gasteiger partial charge in [0.2, 0.25) is 5.91 Å². The highest BCUT2D eigenvalue weighted by Gasteiger charge is 2.24. The number of amides is 1. The number of nitrogens with zero attached hydrogens (tertiary/aromatic N) is 5. The highest BCUT2D eigenvalue weighted by molar-refractivity contribution is 14.0. The predicted molar refractivity (Wildman–Crippen MR) is 141 cm³/mol. The Balaban J connectivity index is 0.00000480. The van der Waals surface area contributed by atoms with E-state index >= 15 is 0 Å². The number of rotatable bonds is 9. The lowest BCUT2D eigenvalue weighted by Crippen LogP contribution is -2.54. The molecule has 0 atom stereocenters. The van der Waals surface area contributed by atoms with Gasteiger partial charge in [-0.3, -0.25) is 19.6 Å². The van der Waals surface area contributed by atoms with E-state index in [-0.39, 0.29) is 24.0 Å². The lowest BCUT2D eigenvalue weighted by Gasteiger charge is -2.37. The van der Waals surface area contributed by atoms with E-state index in [2.05, 4.69) is 59.5 Å². The van der Waals surface area contributed by atoms with Crippen LogP contribution in [-0.2, 0) is 4.79 Å². The van der Waals surface area contributed by atoms with Crippen LogP contribution in [0.4, 0.5) is 0 Å². The highest BCUT2D eigenvalue weighted by atomic mass is 127. The maximum atomic E-state index is 12.5. The predicted octanol–water partition coefficient (Wildman–Crippen LogP) is 2.71. The average Bonchev–Trinajstić information content (AvgIpc) is 2.73. The molecule has 8 heteroatoms. The van der Waals surface area contributed by atoms with Crippen molar-refractivity contribution in [2.75, 3.05) is 65.4 Å². The maximum absolute atomic E-state index is 12.5. The van der Waals surface area contributed by atoms with Gasteiger partial charge >= 0.3 is 0 Å². The van der Waals surface area contributed by atoms with E-state index in [0.717, 1.165) is 84.1 Å². The van der Waals surface area contributed by atoms with E-state index in [1.165, 1.54) is 6.42 Å². The molecule has 0 radical (unpaired) electrons. The Morgan fingerprint density at radius 2 is 1.55 bits per heavy atom. The number of hydrogen-bond donors (Lipinski definition) is 1. The van der Waals surface area contributed by atoms with Crippen molar-refractivity contribution in [2.24, 2.45) is 4.99 Å². The van der Waals surface area contributed by atoms with Gasteiger partial charge < -0.3 is 15.1 Å². The second kappa shape index (κ2) is 15.3. The summed E-state index contributed by atoms with van der Waals surface area (Å²) in [5, 5.41) is 3.46. The molecule has 0 aromatic carbocycles. The van der Waals surface area contributed by atoms with Crippen LogP contribution in [-0.4, -0.2) is 109 Å². The van der Waals surface area contributed by atoms with Gasteiger partial charge in [0.05, 0.1) is 6.54 Å². The molecular weight excluding hydrogens is 503 g/mol. The second-order valence-electron chi connectivity index (χ2n) is 9.22. The van der Waals surface area contributed by atoms with Gasteiger partial charge in [-0.05, 0) is 60.3 Å². The number of hydrogen-bond acceptors (Lipinski definition) is 4. The van der Waals surface area contributed by atoms with Crippen molar-refractivity contribution in [1.82, 2.24) is 24.9 Å². The molecule has 7 nitrogen and oxygen atoms in total. The molecule has 2 heterocycles. The number of nitrogens with one attached hydrogen (secondary N) is 1. The van der Waals surface area contributed by atoms with Gasteiger partial charge in [-0.15, -0.1) is 24.0 Å². The third-order valence-corrected chi connectivity index (χ3v) is 6.24. The van der Waals surface area contributed by atoms with Gasteiger partial charge in [0.25, 0.3) is 0 Å². The molecular formula is C23H47IN6O. The van der Waals surface area contributed by atoms with Gasteiger partial charge in [-0.2, -0.15) is 0 Å². The minimum absolute atomic E-state index is 0. The SMILES string of the molecule is CCNC(=NCCCN(C(C)C)C(C)C)N1CCN(CC(=O)N2CCCCC2)CC1.I. The number of likely N-dealkylation sites (tertiary alicyclic amines) is 1. The number of halogens is 1. The Bertz CT molecular complexity index is 520. The standard InChI is InChI=1S/C23H46N6O.HI/c1-6-24-23(25-11-10-14-29(20(2)3)21(4)5)28-17-15-26(16-18-28)19-22(30)27-12-8-7-9-13-27;/h20-21H,6-19H2,1-5H3,(H,24,25);1H. The van der Waals surface area contributed by atoms with E-state index in [4.69, 9.17) is 4.99 Å². The molecule has 1 N–H and O–H groups in total. The highest BCUT2D eigenvalue weighted by Crippen LogP contribution is 2.10. The lowest BCUT2D eigenvalue weighted by molar-refractivity contribution is -0.133. The van der Waals surface area contributed by atoms with E-state index in [0.29, 0.717) is 24.5 Å². The first kappa shape index (κ1) is 28.4. The summed E-state index contributed by atoms with van der Waals surface area (Å²) in [6.07, 6.45) is 4.67. The first-order valence-corrected chi connectivity index (χ1v) is 12.2. The molecule has 182 valence electrons. The molecule has 2 aliphatic heterocycles. The van der Waals surface area contributed by atoms with Crippen molar-refractivity contribution in [2.45, 2.75) is 72.4 Å². The van der Waals surface area contributed by atoms with Crippen LogP contribution in [0.5, 0.6) is 0 Å². The summed E-state index contributed by atoms with van der Waals surface area (Å²) in [7, 11) is 0. The van der Waals surface area contributed by atoms with Gasteiger partial charge in [0.1, 0.15) is 0 Å². The molecule has 0 unspecified atom stereocenters. The summed E-state index contributed by atoms with van der Waals surface area (Å²) in [4.78, 5) is 26.7. The van der Waals surface area contributed by atoms with Gasteiger partial charge in [-0.25, -0.2) is 0 Å². The van der Waals surface area contributed by atoms with Crippen LogP contribution >= 0.6 is 24.0 Å².